The van der Waals surface area contributed by atoms with Crippen LogP contribution in [0.4, 0.5) is 34.8 Å². The molecular formula is C29H26F4N6O. The van der Waals surface area contributed by atoms with Gasteiger partial charge in [0.05, 0.1) is 11.1 Å². The molecule has 0 aliphatic carbocycles. The molecule has 0 radical (unpaired) electrons. The predicted molar refractivity (Wildman–Crippen MR) is 145 cm³/mol. The van der Waals surface area contributed by atoms with Crippen LogP contribution in [0.25, 0.3) is 0 Å². The van der Waals surface area contributed by atoms with Gasteiger partial charge < -0.3 is 20.5 Å². The fourth-order valence-corrected chi connectivity index (χ4v) is 4.69. The van der Waals surface area contributed by atoms with Crippen LogP contribution >= 0.6 is 0 Å². The van der Waals surface area contributed by atoms with E-state index in [1.807, 2.05) is 41.4 Å². The van der Waals surface area contributed by atoms with Gasteiger partial charge in [-0.3, -0.25) is 10.2 Å². The molecule has 2 aromatic heterocycles. The lowest BCUT2D eigenvalue weighted by molar-refractivity contribution is -0.137. The number of nitrogens with zero attached hydrogens (tertiary/aromatic N) is 2. The van der Waals surface area contributed by atoms with Crippen molar-refractivity contribution >= 4 is 28.9 Å². The Morgan fingerprint density at radius 2 is 1.85 bits per heavy atom. The van der Waals surface area contributed by atoms with Crippen LogP contribution in [0.1, 0.15) is 52.0 Å². The van der Waals surface area contributed by atoms with Crippen LogP contribution in [-0.4, -0.2) is 28.3 Å². The van der Waals surface area contributed by atoms with E-state index in [-0.39, 0.29) is 29.5 Å². The van der Waals surface area contributed by atoms with Crippen molar-refractivity contribution in [2.45, 2.75) is 32.0 Å². The van der Waals surface area contributed by atoms with Crippen LogP contribution in [0, 0.1) is 11.2 Å². The summed E-state index contributed by atoms with van der Waals surface area (Å²) < 4.78 is 53.3. The molecule has 0 spiro atoms. The number of alkyl halides is 3. The van der Waals surface area contributed by atoms with Gasteiger partial charge in [-0.2, -0.15) is 13.2 Å². The molecule has 0 fully saturated rings. The van der Waals surface area contributed by atoms with Gasteiger partial charge in [-0.1, -0.05) is 19.1 Å². The van der Waals surface area contributed by atoms with E-state index in [4.69, 9.17) is 5.41 Å². The van der Waals surface area contributed by atoms with Crippen LogP contribution < -0.4 is 15.5 Å². The Morgan fingerprint density at radius 1 is 1.12 bits per heavy atom. The first kappa shape index (κ1) is 26.9. The standard InChI is InChI=1S/C29H26F4N6O/c1-2-18-16-39(26(34)23-11-12-35-25(18)23)22-9-3-17(4-10-22)14-36-27-24(13-19(15-37-27)29(31,32)33)28(40)38-21-7-5-20(30)6-8-21/h3-13,15,18,34-35H,2,14,16H2,1H3,(H,36,37)(H,38,40). The van der Waals surface area contributed by atoms with Crippen LogP contribution in [0.15, 0.2) is 73.1 Å². The van der Waals surface area contributed by atoms with Crippen molar-refractivity contribution in [1.29, 1.82) is 5.41 Å². The molecule has 3 heterocycles. The summed E-state index contributed by atoms with van der Waals surface area (Å²) in [6, 6.07) is 15.0. The summed E-state index contributed by atoms with van der Waals surface area (Å²) in [5.74, 6) is -0.673. The van der Waals surface area contributed by atoms with E-state index in [0.29, 0.717) is 18.6 Å². The van der Waals surface area contributed by atoms with E-state index in [0.717, 1.165) is 47.1 Å². The number of hydrogen-bond donors (Lipinski definition) is 4. The van der Waals surface area contributed by atoms with Gasteiger partial charge in [0.15, 0.2) is 0 Å². The molecule has 206 valence electrons. The maximum absolute atomic E-state index is 13.4. The first-order valence-corrected chi connectivity index (χ1v) is 12.6. The fourth-order valence-electron chi connectivity index (χ4n) is 4.69. The number of amidine groups is 1. The van der Waals surface area contributed by atoms with Gasteiger partial charge in [-0.25, -0.2) is 9.37 Å². The first-order valence-electron chi connectivity index (χ1n) is 12.6. The number of carbonyl (C=O) groups is 1. The minimum Gasteiger partial charge on any atom is -0.365 e. The number of amides is 1. The number of benzene rings is 2. The lowest BCUT2D eigenvalue weighted by atomic mass is 9.93. The number of anilines is 3. The summed E-state index contributed by atoms with van der Waals surface area (Å²) in [7, 11) is 0. The summed E-state index contributed by atoms with van der Waals surface area (Å²) in [5, 5.41) is 14.1. The van der Waals surface area contributed by atoms with Gasteiger partial charge >= 0.3 is 6.18 Å². The van der Waals surface area contributed by atoms with E-state index in [9.17, 15) is 22.4 Å². The van der Waals surface area contributed by atoms with Gasteiger partial charge in [-0.05, 0) is 60.5 Å². The Morgan fingerprint density at radius 3 is 2.52 bits per heavy atom. The number of aromatic nitrogens is 2. The molecule has 0 bridgehead atoms. The molecule has 0 saturated heterocycles. The van der Waals surface area contributed by atoms with Crippen molar-refractivity contribution in [2.75, 3.05) is 22.1 Å². The Balaban J connectivity index is 1.33. The summed E-state index contributed by atoms with van der Waals surface area (Å²) in [5.41, 5.74) is 2.47. The van der Waals surface area contributed by atoms with E-state index in [2.05, 4.69) is 27.5 Å². The topological polar surface area (TPSA) is 96.9 Å². The number of carbonyl (C=O) groups excluding carboxylic acids is 1. The number of nitrogens with one attached hydrogen (secondary N) is 4. The van der Waals surface area contributed by atoms with Crippen molar-refractivity contribution in [3.63, 3.8) is 0 Å². The summed E-state index contributed by atoms with van der Waals surface area (Å²) in [4.78, 5) is 22.0. The monoisotopic (exact) mass is 550 g/mol. The van der Waals surface area contributed by atoms with Crippen LogP contribution in [-0.2, 0) is 12.7 Å². The van der Waals surface area contributed by atoms with Gasteiger partial charge in [-0.15, -0.1) is 0 Å². The molecule has 1 atom stereocenters. The molecule has 11 heteroatoms. The highest BCUT2D eigenvalue weighted by Crippen LogP contribution is 2.33. The van der Waals surface area contributed by atoms with Crippen LogP contribution in [0.2, 0.25) is 0 Å². The highest BCUT2D eigenvalue weighted by molar-refractivity contribution is 6.10. The Labute approximate surface area is 227 Å². The number of fused-ring (bicyclic) bond motifs is 1. The zero-order valence-electron chi connectivity index (χ0n) is 21.4. The van der Waals surface area contributed by atoms with Crippen molar-refractivity contribution in [3.8, 4) is 0 Å². The summed E-state index contributed by atoms with van der Waals surface area (Å²) in [6.07, 6.45) is -1.24. The first-order chi connectivity index (χ1) is 19.1. The van der Waals surface area contributed by atoms with Gasteiger partial charge in [0, 0.05) is 54.0 Å². The largest absolute Gasteiger partial charge is 0.417 e. The molecule has 5 rings (SSSR count). The Kier molecular flexibility index (Phi) is 7.29. The van der Waals surface area contributed by atoms with Crippen molar-refractivity contribution in [1.82, 2.24) is 9.97 Å². The van der Waals surface area contributed by atoms with E-state index in [1.165, 1.54) is 12.1 Å². The smallest absolute Gasteiger partial charge is 0.365 e. The number of H-pyrrole nitrogens is 1. The second-order valence-corrected chi connectivity index (χ2v) is 9.47. The molecule has 4 N–H and O–H groups in total. The minimum absolute atomic E-state index is 0.0275. The highest BCUT2D eigenvalue weighted by atomic mass is 19.4. The lowest BCUT2D eigenvalue weighted by Gasteiger charge is -2.34. The van der Waals surface area contributed by atoms with E-state index in [1.54, 1.807) is 0 Å². The third-order valence-corrected chi connectivity index (χ3v) is 6.88. The summed E-state index contributed by atoms with van der Waals surface area (Å²) in [6.45, 7) is 2.97. The average molecular weight is 551 g/mol. The molecular weight excluding hydrogens is 524 g/mol. The third-order valence-electron chi connectivity index (χ3n) is 6.88. The third kappa shape index (κ3) is 5.54. The maximum atomic E-state index is 13.4. The SMILES string of the molecule is CCC1CN(c2ccc(CNc3ncc(C(F)(F)F)cc3C(=O)Nc3ccc(F)cc3)cc2)C(=N)c2cc[nH]c21. The lowest BCUT2D eigenvalue weighted by Crippen LogP contribution is -2.39. The maximum Gasteiger partial charge on any atom is 0.417 e. The predicted octanol–water partition coefficient (Wildman–Crippen LogP) is 6.77. The number of rotatable bonds is 7. The quantitative estimate of drug-likeness (QED) is 0.191. The molecule has 1 aliphatic rings. The number of halogens is 4. The Hall–Kier alpha value is -4.67. The van der Waals surface area contributed by atoms with Gasteiger partial charge in [0.1, 0.15) is 17.5 Å². The number of aromatic amines is 1. The molecule has 1 unspecified atom stereocenters. The van der Waals surface area contributed by atoms with Crippen LogP contribution in [0.5, 0.6) is 0 Å². The molecule has 1 aliphatic heterocycles. The molecule has 7 nitrogen and oxygen atoms in total. The second kappa shape index (κ2) is 10.8. The molecule has 0 saturated carbocycles. The van der Waals surface area contributed by atoms with Gasteiger partial charge in [0.25, 0.3) is 5.91 Å². The zero-order valence-corrected chi connectivity index (χ0v) is 21.4. The number of pyridine rings is 1. The zero-order chi connectivity index (χ0) is 28.4. The Bertz CT molecular complexity index is 1530. The number of hydrogen-bond acceptors (Lipinski definition) is 4. The fraction of sp³-hybridized carbons (Fsp3) is 0.207. The molecule has 4 aromatic rings. The van der Waals surface area contributed by atoms with Gasteiger partial charge in [0.2, 0.25) is 0 Å². The second-order valence-electron chi connectivity index (χ2n) is 9.47. The molecule has 40 heavy (non-hydrogen) atoms. The molecule has 2 aromatic carbocycles. The molecule has 1 amide bonds. The minimum atomic E-state index is -4.69. The highest BCUT2D eigenvalue weighted by Gasteiger charge is 2.33. The van der Waals surface area contributed by atoms with Crippen molar-refractivity contribution in [2.24, 2.45) is 0 Å². The summed E-state index contributed by atoms with van der Waals surface area (Å²) >= 11 is 0. The normalized spacial score (nSPS) is 15.1. The van der Waals surface area contributed by atoms with E-state index < -0.39 is 23.5 Å². The van der Waals surface area contributed by atoms with E-state index >= 15 is 0 Å². The van der Waals surface area contributed by atoms with Crippen molar-refractivity contribution < 1.29 is 22.4 Å². The van der Waals surface area contributed by atoms with Crippen LogP contribution in [0.3, 0.4) is 0 Å². The van der Waals surface area contributed by atoms with Crippen molar-refractivity contribution in [3.05, 3.63) is 107 Å². The average Bonchev–Trinajstić information content (AvgIpc) is 3.44.